The first-order valence-electron chi connectivity index (χ1n) is 9.39. The molecule has 0 fully saturated rings. The number of hydrogen-bond donors (Lipinski definition) is 0. The first-order valence-corrected chi connectivity index (χ1v) is 11.0. The highest BCUT2D eigenvalue weighted by atomic mass is 35.5. The summed E-state index contributed by atoms with van der Waals surface area (Å²) in [4.78, 5) is 13.0. The molecule has 0 aliphatic rings. The molecule has 0 saturated heterocycles. The van der Waals surface area contributed by atoms with E-state index >= 15 is 0 Å². The Kier molecular flexibility index (Phi) is 9.19. The summed E-state index contributed by atoms with van der Waals surface area (Å²) in [6, 6.07) is 15.4. The van der Waals surface area contributed by atoms with Gasteiger partial charge in [0, 0.05) is 11.4 Å². The second-order valence-corrected chi connectivity index (χ2v) is 8.65. The van der Waals surface area contributed by atoms with E-state index in [-0.39, 0.29) is 5.97 Å². The van der Waals surface area contributed by atoms with Gasteiger partial charge < -0.3 is 9.29 Å². The fourth-order valence-corrected chi connectivity index (χ4v) is 4.35. The number of hydrogen-bond acceptors (Lipinski definition) is 3. The molecule has 0 heterocycles. The lowest BCUT2D eigenvalue weighted by Crippen LogP contribution is -2.32. The highest BCUT2D eigenvalue weighted by Crippen LogP contribution is 2.23. The third kappa shape index (κ3) is 7.21. The maximum Gasteiger partial charge on any atom is 0.359 e. The molecule has 2 aromatic carbocycles. The number of halogens is 1. The lowest BCUT2D eigenvalue weighted by Gasteiger charge is -2.20. The molecular formula is C22H27ClO3S. The van der Waals surface area contributed by atoms with Crippen molar-refractivity contribution < 1.29 is 14.1 Å². The van der Waals surface area contributed by atoms with Crippen LogP contribution >= 0.6 is 11.6 Å². The third-order valence-electron chi connectivity index (χ3n) is 4.41. The lowest BCUT2D eigenvalue weighted by atomic mass is 10.1. The van der Waals surface area contributed by atoms with Gasteiger partial charge >= 0.3 is 5.97 Å². The minimum Gasteiger partial charge on any atom is -0.611 e. The van der Waals surface area contributed by atoms with Gasteiger partial charge in [-0.2, -0.15) is 0 Å². The maximum atomic E-state index is 12.9. The Morgan fingerprint density at radius 2 is 1.74 bits per heavy atom. The molecule has 27 heavy (non-hydrogen) atoms. The van der Waals surface area contributed by atoms with Crippen molar-refractivity contribution in [3.05, 3.63) is 64.7 Å². The summed E-state index contributed by atoms with van der Waals surface area (Å²) < 4.78 is 18.1. The summed E-state index contributed by atoms with van der Waals surface area (Å²) in [5.41, 5.74) is 2.36. The fraction of sp³-hybridized carbons (Fsp3) is 0.409. The van der Waals surface area contributed by atoms with Gasteiger partial charge in [-0.05, 0) is 74.1 Å². The number of benzene rings is 2. The minimum atomic E-state index is -1.39. The van der Waals surface area contributed by atoms with E-state index in [0.717, 1.165) is 36.3 Å². The lowest BCUT2D eigenvalue weighted by molar-refractivity contribution is -0.142. The topological polar surface area (TPSA) is 49.4 Å². The zero-order valence-electron chi connectivity index (χ0n) is 15.9. The predicted molar refractivity (Wildman–Crippen MR) is 112 cm³/mol. The van der Waals surface area contributed by atoms with Crippen molar-refractivity contribution in [2.75, 3.05) is 6.61 Å². The Morgan fingerprint density at radius 3 is 2.37 bits per heavy atom. The number of unbranched alkanes of at least 4 members (excludes halogenated alkanes) is 2. The van der Waals surface area contributed by atoms with Crippen LogP contribution in [0.3, 0.4) is 0 Å². The Balaban J connectivity index is 1.87. The number of carbonyl (C=O) groups is 1. The van der Waals surface area contributed by atoms with E-state index in [2.05, 4.69) is 0 Å². The Hall–Kier alpha value is -1.49. The summed E-state index contributed by atoms with van der Waals surface area (Å²) in [6.45, 7) is 4.06. The number of ether oxygens (including phenoxy) is 1. The molecule has 2 unspecified atom stereocenters. The van der Waals surface area contributed by atoms with Gasteiger partial charge in [0.15, 0.2) is 4.90 Å². The number of aryl methyl sites for hydroxylation is 2. The summed E-state index contributed by atoms with van der Waals surface area (Å²) in [5.74, 6) is -0.367. The Bertz CT molecular complexity index is 701. The van der Waals surface area contributed by atoms with Crippen molar-refractivity contribution in [2.24, 2.45) is 0 Å². The Labute approximate surface area is 170 Å². The van der Waals surface area contributed by atoms with Crippen LogP contribution in [-0.4, -0.2) is 22.4 Å². The zero-order chi connectivity index (χ0) is 19.6. The van der Waals surface area contributed by atoms with E-state index < -0.39 is 16.4 Å². The second-order valence-electron chi connectivity index (χ2n) is 6.58. The van der Waals surface area contributed by atoms with Gasteiger partial charge in [-0.15, -0.1) is 0 Å². The van der Waals surface area contributed by atoms with Crippen LogP contribution in [0.25, 0.3) is 0 Å². The molecule has 0 N–H and O–H groups in total. The normalized spacial score (nSPS) is 13.2. The highest BCUT2D eigenvalue weighted by Gasteiger charge is 2.33. The molecule has 0 aromatic heterocycles. The van der Waals surface area contributed by atoms with Crippen LogP contribution < -0.4 is 0 Å². The Morgan fingerprint density at radius 1 is 1.07 bits per heavy atom. The van der Waals surface area contributed by atoms with Crippen LogP contribution in [0.1, 0.15) is 43.7 Å². The molecule has 0 amide bonds. The van der Waals surface area contributed by atoms with Crippen LogP contribution in [0.2, 0.25) is 5.02 Å². The molecule has 146 valence electrons. The summed E-state index contributed by atoms with van der Waals surface area (Å²) in [6.07, 6.45) is 4.38. The van der Waals surface area contributed by atoms with E-state index in [1.165, 1.54) is 5.56 Å². The predicted octanol–water partition coefficient (Wildman–Crippen LogP) is 5.49. The zero-order valence-corrected chi connectivity index (χ0v) is 17.5. The molecule has 0 aliphatic heterocycles. The highest BCUT2D eigenvalue weighted by molar-refractivity contribution is 7.92. The van der Waals surface area contributed by atoms with Crippen LogP contribution in [0.5, 0.6) is 0 Å². The number of carbonyl (C=O) groups excluding carboxylic acids is 1. The second kappa shape index (κ2) is 11.4. The first-order chi connectivity index (χ1) is 13.0. The quantitative estimate of drug-likeness (QED) is 0.297. The molecule has 0 aliphatic carbocycles. The molecular weight excluding hydrogens is 380 g/mol. The average Bonchev–Trinajstić information content (AvgIpc) is 2.66. The van der Waals surface area contributed by atoms with Crippen molar-refractivity contribution in [2.45, 2.75) is 56.1 Å². The number of rotatable bonds is 10. The van der Waals surface area contributed by atoms with Crippen molar-refractivity contribution >= 4 is 28.7 Å². The van der Waals surface area contributed by atoms with Crippen LogP contribution in [0.4, 0.5) is 0 Å². The van der Waals surface area contributed by atoms with E-state index in [1.807, 2.05) is 55.5 Å². The summed E-state index contributed by atoms with van der Waals surface area (Å²) in [7, 11) is 0. The van der Waals surface area contributed by atoms with E-state index in [9.17, 15) is 9.35 Å². The molecule has 0 bridgehead atoms. The standard InChI is InChI=1S/C22H27ClO3S/c1-3-26-22(24)21(27(25)20-15-9-17(2)10-16-20)8-6-4-5-7-18-11-13-19(23)14-12-18/h9-16,21H,3-8H2,1-2H3. The van der Waals surface area contributed by atoms with Crippen molar-refractivity contribution in [3.63, 3.8) is 0 Å². The summed E-state index contributed by atoms with van der Waals surface area (Å²) >= 11 is 4.51. The van der Waals surface area contributed by atoms with Crippen molar-refractivity contribution in [1.29, 1.82) is 0 Å². The van der Waals surface area contributed by atoms with Crippen LogP contribution in [0.15, 0.2) is 53.4 Å². The summed E-state index contributed by atoms with van der Waals surface area (Å²) in [5, 5.41) is 0.137. The first kappa shape index (κ1) is 21.8. The van der Waals surface area contributed by atoms with Gasteiger partial charge in [0.2, 0.25) is 5.25 Å². The van der Waals surface area contributed by atoms with E-state index in [4.69, 9.17) is 16.3 Å². The largest absolute Gasteiger partial charge is 0.611 e. The molecule has 0 saturated carbocycles. The van der Waals surface area contributed by atoms with Crippen LogP contribution in [-0.2, 0) is 27.1 Å². The van der Waals surface area contributed by atoms with E-state index in [0.29, 0.717) is 17.9 Å². The van der Waals surface area contributed by atoms with Gasteiger partial charge in [-0.3, -0.25) is 0 Å². The molecule has 0 spiro atoms. The van der Waals surface area contributed by atoms with Crippen molar-refractivity contribution in [1.82, 2.24) is 0 Å². The molecule has 2 atom stereocenters. The number of esters is 1. The van der Waals surface area contributed by atoms with Gasteiger partial charge in [0.25, 0.3) is 0 Å². The van der Waals surface area contributed by atoms with E-state index in [1.54, 1.807) is 6.92 Å². The average molecular weight is 407 g/mol. The minimum absolute atomic E-state index is 0.303. The molecule has 3 nitrogen and oxygen atoms in total. The monoisotopic (exact) mass is 406 g/mol. The third-order valence-corrected chi connectivity index (χ3v) is 6.34. The molecule has 5 heteroatoms. The van der Waals surface area contributed by atoms with Gasteiger partial charge in [-0.25, -0.2) is 4.79 Å². The maximum absolute atomic E-state index is 12.9. The van der Waals surface area contributed by atoms with Gasteiger partial charge in [0.05, 0.1) is 6.61 Å². The molecule has 2 aromatic rings. The molecule has 2 rings (SSSR count). The SMILES string of the molecule is CCOC(=O)C(CCCCCc1ccc(Cl)cc1)[S+]([O-])c1ccc(C)cc1. The smallest absolute Gasteiger partial charge is 0.359 e. The van der Waals surface area contributed by atoms with Gasteiger partial charge in [0.1, 0.15) is 0 Å². The molecule has 0 radical (unpaired) electrons. The van der Waals surface area contributed by atoms with Crippen LogP contribution in [0, 0.1) is 6.92 Å². The van der Waals surface area contributed by atoms with Crippen molar-refractivity contribution in [3.8, 4) is 0 Å². The van der Waals surface area contributed by atoms with Gasteiger partial charge in [-0.1, -0.05) is 47.9 Å². The fourth-order valence-electron chi connectivity index (χ4n) is 2.87.